The van der Waals surface area contributed by atoms with E-state index in [0.29, 0.717) is 6.07 Å². The molecule has 0 spiro atoms. The molecule has 0 fully saturated rings. The van der Waals surface area contributed by atoms with E-state index in [1.54, 1.807) is 0 Å². The number of aliphatic hydroxyl groups excluding tert-OH is 1. The molecule has 202 valence electrons. The number of pyridine rings is 1. The lowest BCUT2D eigenvalue weighted by atomic mass is 10.00. The molecule has 2 atom stereocenters. The van der Waals surface area contributed by atoms with Crippen LogP contribution < -0.4 is 10.5 Å². The number of ether oxygens (including phenoxy) is 1. The van der Waals surface area contributed by atoms with E-state index in [-0.39, 0.29) is 27.4 Å². The van der Waals surface area contributed by atoms with Crippen LogP contribution in [0.25, 0.3) is 11.1 Å². The standard InChI is InChI=1S/C22H15Cl2F4N3O6S/c1-36-20(31-38(34,35)10-2-3-13(24)12(7-10)22(26,27)28)11-6-9(23)8-29-17(11)18(32)16-14(25)4-5-15-19(16)37-21(33)30-15/h2-8,18,20,31-32H,1H3,(H,30,33). The van der Waals surface area contributed by atoms with Crippen LogP contribution >= 0.6 is 23.2 Å². The van der Waals surface area contributed by atoms with Gasteiger partial charge in [-0.05, 0) is 36.4 Å². The monoisotopic (exact) mass is 595 g/mol. The second kappa shape index (κ2) is 10.3. The molecule has 0 aliphatic heterocycles. The number of aromatic amines is 1. The van der Waals surface area contributed by atoms with Crippen LogP contribution in [0.4, 0.5) is 17.6 Å². The summed E-state index contributed by atoms with van der Waals surface area (Å²) in [6.45, 7) is 0. The Labute approximate surface area is 221 Å². The molecule has 2 aromatic carbocycles. The molecule has 4 rings (SSSR count). The van der Waals surface area contributed by atoms with Crippen molar-refractivity contribution < 1.29 is 40.2 Å². The van der Waals surface area contributed by atoms with E-state index in [1.807, 2.05) is 0 Å². The van der Waals surface area contributed by atoms with E-state index in [0.717, 1.165) is 37.6 Å². The van der Waals surface area contributed by atoms with Gasteiger partial charge in [-0.2, -0.15) is 17.9 Å². The fourth-order valence-electron chi connectivity index (χ4n) is 3.64. The number of benzene rings is 2. The molecule has 0 aliphatic carbocycles. The van der Waals surface area contributed by atoms with Crippen LogP contribution in [0.2, 0.25) is 10.0 Å². The Hall–Kier alpha value is -3.01. The first-order valence-corrected chi connectivity index (χ1v) is 12.5. The number of aromatic nitrogens is 2. The van der Waals surface area contributed by atoms with Crippen molar-refractivity contribution in [2.24, 2.45) is 0 Å². The van der Waals surface area contributed by atoms with Crippen LogP contribution in [0.15, 0.2) is 56.7 Å². The van der Waals surface area contributed by atoms with Gasteiger partial charge < -0.3 is 14.3 Å². The predicted octanol–water partition coefficient (Wildman–Crippen LogP) is 4.69. The number of oxazole rings is 1. The molecule has 0 aliphatic rings. The maximum atomic E-state index is 14.8. The molecule has 3 N–H and O–H groups in total. The molecule has 4 aromatic rings. The number of methoxy groups -OCH3 is 1. The minimum atomic E-state index is -4.93. The molecule has 2 heterocycles. The van der Waals surface area contributed by atoms with Crippen LogP contribution in [-0.4, -0.2) is 30.6 Å². The van der Waals surface area contributed by atoms with E-state index in [4.69, 9.17) is 32.4 Å². The van der Waals surface area contributed by atoms with Gasteiger partial charge in [0.15, 0.2) is 5.58 Å². The molecule has 2 unspecified atom stereocenters. The van der Waals surface area contributed by atoms with Gasteiger partial charge in [-0.3, -0.25) is 9.97 Å². The van der Waals surface area contributed by atoms with Crippen molar-refractivity contribution in [2.75, 3.05) is 7.11 Å². The second-order valence-electron chi connectivity index (χ2n) is 7.76. The summed E-state index contributed by atoms with van der Waals surface area (Å²) in [5, 5.41) is 10.3. The first-order chi connectivity index (χ1) is 17.7. The Kier molecular flexibility index (Phi) is 7.58. The zero-order valence-corrected chi connectivity index (χ0v) is 21.1. The summed E-state index contributed by atoms with van der Waals surface area (Å²) in [5.74, 6) is -1.90. The van der Waals surface area contributed by atoms with Crippen molar-refractivity contribution in [3.63, 3.8) is 0 Å². The van der Waals surface area contributed by atoms with Crippen molar-refractivity contribution in [3.05, 3.63) is 91.4 Å². The number of fused-ring (bicyclic) bond motifs is 1. The van der Waals surface area contributed by atoms with Gasteiger partial charge in [-0.15, -0.1) is 0 Å². The molecule has 2 aromatic heterocycles. The molecular weight excluding hydrogens is 581 g/mol. The van der Waals surface area contributed by atoms with Crippen LogP contribution in [0.1, 0.15) is 34.7 Å². The fraction of sp³-hybridized carbons (Fsp3) is 0.182. The topological polar surface area (TPSA) is 135 Å². The van der Waals surface area contributed by atoms with Gasteiger partial charge in [0, 0.05) is 18.9 Å². The summed E-state index contributed by atoms with van der Waals surface area (Å²) in [7, 11) is -3.65. The third-order valence-electron chi connectivity index (χ3n) is 5.36. The number of alkyl halides is 3. The number of hydrogen-bond acceptors (Lipinski definition) is 7. The summed E-state index contributed by atoms with van der Waals surface area (Å²) < 4.78 is 92.8. The fourth-order valence-corrected chi connectivity index (χ4v) is 5.20. The average molecular weight is 596 g/mol. The van der Waals surface area contributed by atoms with Gasteiger partial charge in [0.25, 0.3) is 0 Å². The highest BCUT2D eigenvalue weighted by atomic mass is 35.5. The minimum Gasteiger partial charge on any atom is -0.407 e. The van der Waals surface area contributed by atoms with Crippen molar-refractivity contribution in [1.29, 1.82) is 0 Å². The van der Waals surface area contributed by atoms with Gasteiger partial charge in [0.2, 0.25) is 10.0 Å². The number of sulfonamides is 1. The maximum Gasteiger partial charge on any atom is 0.417 e. The number of H-pyrrole nitrogens is 1. The Balaban J connectivity index is 1.79. The zero-order chi connectivity index (χ0) is 28.0. The first kappa shape index (κ1) is 28.0. The van der Waals surface area contributed by atoms with Crippen LogP contribution in [0, 0.1) is 5.82 Å². The molecule has 0 bridgehead atoms. The van der Waals surface area contributed by atoms with Gasteiger partial charge in [0.1, 0.15) is 18.1 Å². The van der Waals surface area contributed by atoms with E-state index < -0.39 is 61.1 Å². The number of nitrogens with zero attached hydrogens (tertiary/aromatic N) is 1. The lowest BCUT2D eigenvalue weighted by Gasteiger charge is -2.23. The summed E-state index contributed by atoms with van der Waals surface area (Å²) in [4.78, 5) is 17.1. The summed E-state index contributed by atoms with van der Waals surface area (Å²) in [6.07, 6.45) is -7.47. The van der Waals surface area contributed by atoms with Crippen molar-refractivity contribution >= 4 is 44.3 Å². The third-order valence-corrected chi connectivity index (χ3v) is 7.29. The van der Waals surface area contributed by atoms with Crippen molar-refractivity contribution in [1.82, 2.24) is 14.7 Å². The highest BCUT2D eigenvalue weighted by Gasteiger charge is 2.35. The number of nitrogens with one attached hydrogen (secondary N) is 2. The second-order valence-corrected chi connectivity index (χ2v) is 10.3. The normalized spacial score (nSPS) is 14.1. The van der Waals surface area contributed by atoms with Crippen molar-refractivity contribution in [3.8, 4) is 0 Å². The smallest absolute Gasteiger partial charge is 0.407 e. The average Bonchev–Trinajstić information content (AvgIpc) is 3.21. The van der Waals surface area contributed by atoms with Crippen LogP contribution in [0.5, 0.6) is 0 Å². The first-order valence-electron chi connectivity index (χ1n) is 10.3. The lowest BCUT2D eigenvalue weighted by molar-refractivity contribution is -0.137. The number of rotatable bonds is 7. The highest BCUT2D eigenvalue weighted by molar-refractivity contribution is 7.89. The minimum absolute atomic E-state index is 0.0464. The van der Waals surface area contributed by atoms with E-state index in [1.165, 1.54) is 6.07 Å². The SMILES string of the molecule is COC(NS(=O)(=O)c1ccc(Cl)c(C(F)(F)F)c1)c1cc(Cl)cnc1C(O)c1c(F)ccc2[nH]c(=O)oc12. The highest BCUT2D eigenvalue weighted by Crippen LogP contribution is 2.37. The molecule has 38 heavy (non-hydrogen) atoms. The quantitative estimate of drug-likeness (QED) is 0.208. The summed E-state index contributed by atoms with van der Waals surface area (Å²) >= 11 is 11.6. The van der Waals surface area contributed by atoms with Crippen LogP contribution in [-0.2, 0) is 20.9 Å². The number of hydrogen-bond donors (Lipinski definition) is 3. The summed E-state index contributed by atoms with van der Waals surface area (Å²) in [6, 6.07) is 5.27. The van der Waals surface area contributed by atoms with Crippen LogP contribution in [0.3, 0.4) is 0 Å². The van der Waals surface area contributed by atoms with Gasteiger partial charge in [-0.1, -0.05) is 23.2 Å². The largest absolute Gasteiger partial charge is 0.417 e. The van der Waals surface area contributed by atoms with E-state index in [2.05, 4.69) is 14.7 Å². The molecule has 0 radical (unpaired) electrons. The Morgan fingerprint density at radius 1 is 1.18 bits per heavy atom. The van der Waals surface area contributed by atoms with Gasteiger partial charge in [0.05, 0.1) is 37.3 Å². The predicted molar refractivity (Wildman–Crippen MR) is 127 cm³/mol. The van der Waals surface area contributed by atoms with E-state index >= 15 is 0 Å². The summed E-state index contributed by atoms with van der Waals surface area (Å²) in [5.41, 5.74) is -2.70. The molecule has 0 amide bonds. The zero-order valence-electron chi connectivity index (χ0n) is 18.8. The molecule has 9 nitrogen and oxygen atoms in total. The Bertz CT molecular complexity index is 1690. The molecular formula is C22H15Cl2F4N3O6S. The molecule has 0 saturated heterocycles. The molecule has 0 saturated carbocycles. The van der Waals surface area contributed by atoms with E-state index in [9.17, 15) is 35.9 Å². The number of aliphatic hydroxyl groups is 1. The number of halogens is 6. The van der Waals surface area contributed by atoms with Gasteiger partial charge >= 0.3 is 11.9 Å². The lowest BCUT2D eigenvalue weighted by Crippen LogP contribution is -2.31. The maximum absolute atomic E-state index is 14.8. The third kappa shape index (κ3) is 5.41. The Morgan fingerprint density at radius 3 is 2.55 bits per heavy atom. The molecule has 16 heteroatoms. The van der Waals surface area contributed by atoms with Gasteiger partial charge in [-0.25, -0.2) is 17.6 Å². The van der Waals surface area contributed by atoms with Crippen molar-refractivity contribution in [2.45, 2.75) is 23.4 Å². The Morgan fingerprint density at radius 2 is 1.89 bits per heavy atom.